The molecule has 0 aromatic carbocycles. The van der Waals surface area contributed by atoms with Crippen LogP contribution < -0.4 is 5.73 Å². The number of nitrogens with zero attached hydrogens (tertiary/aromatic N) is 1. The number of rotatable bonds is 4. The van der Waals surface area contributed by atoms with E-state index in [4.69, 9.17) is 5.73 Å². The molecule has 1 heterocycles. The molecule has 0 saturated carbocycles. The SMILES string of the molecule is CC(C)C(N)C(CO)N1CCCC1C. The van der Waals surface area contributed by atoms with Gasteiger partial charge in [0.1, 0.15) is 0 Å². The summed E-state index contributed by atoms with van der Waals surface area (Å²) in [5, 5.41) is 9.40. The Morgan fingerprint density at radius 3 is 2.50 bits per heavy atom. The fourth-order valence-electron chi connectivity index (χ4n) is 2.34. The Bertz CT molecular complexity index is 173. The molecule has 0 aliphatic carbocycles. The molecule has 1 rings (SSSR count). The van der Waals surface area contributed by atoms with Gasteiger partial charge in [-0.2, -0.15) is 0 Å². The maximum absolute atomic E-state index is 9.40. The highest BCUT2D eigenvalue weighted by Crippen LogP contribution is 2.22. The topological polar surface area (TPSA) is 49.5 Å². The number of hydrogen-bond donors (Lipinski definition) is 2. The Labute approximate surface area is 87.3 Å². The van der Waals surface area contributed by atoms with E-state index in [1.807, 2.05) is 0 Å². The lowest BCUT2D eigenvalue weighted by Gasteiger charge is -2.35. The van der Waals surface area contributed by atoms with E-state index in [1.165, 1.54) is 12.8 Å². The molecule has 3 N–H and O–H groups in total. The van der Waals surface area contributed by atoms with Crippen LogP contribution in [0.25, 0.3) is 0 Å². The second-order valence-corrected chi connectivity index (χ2v) is 4.80. The third kappa shape index (κ3) is 2.47. The van der Waals surface area contributed by atoms with Crippen LogP contribution in [0.4, 0.5) is 0 Å². The number of aliphatic hydroxyl groups is 1. The third-order valence-corrected chi connectivity index (χ3v) is 3.43. The quantitative estimate of drug-likeness (QED) is 0.706. The van der Waals surface area contributed by atoms with E-state index in [9.17, 15) is 5.11 Å². The molecule has 1 aliphatic heterocycles. The highest BCUT2D eigenvalue weighted by molar-refractivity contribution is 4.89. The highest BCUT2D eigenvalue weighted by atomic mass is 16.3. The van der Waals surface area contributed by atoms with Gasteiger partial charge in [0.25, 0.3) is 0 Å². The molecular formula is C11H24N2O. The van der Waals surface area contributed by atoms with Crippen LogP contribution in [0.15, 0.2) is 0 Å². The molecule has 0 aromatic heterocycles. The van der Waals surface area contributed by atoms with Gasteiger partial charge in [-0.3, -0.25) is 4.90 Å². The second kappa shape index (κ2) is 5.10. The minimum Gasteiger partial charge on any atom is -0.395 e. The monoisotopic (exact) mass is 200 g/mol. The normalized spacial score (nSPS) is 28.3. The number of hydrogen-bond acceptors (Lipinski definition) is 3. The first kappa shape index (κ1) is 12.0. The summed E-state index contributed by atoms with van der Waals surface area (Å²) in [4.78, 5) is 2.37. The predicted molar refractivity (Wildman–Crippen MR) is 59.1 cm³/mol. The third-order valence-electron chi connectivity index (χ3n) is 3.43. The van der Waals surface area contributed by atoms with Crippen molar-refractivity contribution in [3.05, 3.63) is 0 Å². The molecule has 0 aromatic rings. The van der Waals surface area contributed by atoms with Crippen molar-refractivity contribution in [1.82, 2.24) is 4.90 Å². The molecule has 3 heteroatoms. The van der Waals surface area contributed by atoms with Crippen molar-refractivity contribution in [2.24, 2.45) is 11.7 Å². The van der Waals surface area contributed by atoms with E-state index in [2.05, 4.69) is 25.7 Å². The zero-order valence-electron chi connectivity index (χ0n) is 9.61. The molecule has 0 amide bonds. The van der Waals surface area contributed by atoms with Gasteiger partial charge in [0, 0.05) is 18.1 Å². The first-order valence-corrected chi connectivity index (χ1v) is 5.70. The van der Waals surface area contributed by atoms with E-state index in [-0.39, 0.29) is 18.7 Å². The average molecular weight is 200 g/mol. The summed E-state index contributed by atoms with van der Waals surface area (Å²) in [5.41, 5.74) is 6.11. The van der Waals surface area contributed by atoms with Crippen LogP contribution in [0.5, 0.6) is 0 Å². The molecule has 1 aliphatic rings. The minimum atomic E-state index is 0.0838. The molecular weight excluding hydrogens is 176 g/mol. The Balaban J connectivity index is 2.60. The molecule has 0 spiro atoms. The molecule has 14 heavy (non-hydrogen) atoms. The van der Waals surface area contributed by atoms with Gasteiger partial charge in [-0.05, 0) is 32.2 Å². The van der Waals surface area contributed by atoms with Crippen LogP contribution in [-0.4, -0.2) is 41.3 Å². The van der Waals surface area contributed by atoms with E-state index >= 15 is 0 Å². The first-order chi connectivity index (χ1) is 6.57. The summed E-state index contributed by atoms with van der Waals surface area (Å²) in [6, 6.07) is 0.810. The van der Waals surface area contributed by atoms with E-state index < -0.39 is 0 Å². The summed E-state index contributed by atoms with van der Waals surface area (Å²) >= 11 is 0. The van der Waals surface area contributed by atoms with Crippen LogP contribution in [0.2, 0.25) is 0 Å². The van der Waals surface area contributed by atoms with Crippen molar-refractivity contribution in [2.45, 2.75) is 51.7 Å². The van der Waals surface area contributed by atoms with Crippen LogP contribution in [0, 0.1) is 5.92 Å². The maximum atomic E-state index is 9.40. The molecule has 1 saturated heterocycles. The van der Waals surface area contributed by atoms with Gasteiger partial charge in [-0.25, -0.2) is 0 Å². The van der Waals surface area contributed by atoms with Gasteiger partial charge in [0.15, 0.2) is 0 Å². The van der Waals surface area contributed by atoms with E-state index in [1.54, 1.807) is 0 Å². The van der Waals surface area contributed by atoms with Crippen molar-refractivity contribution in [2.75, 3.05) is 13.2 Å². The number of aliphatic hydroxyl groups excluding tert-OH is 1. The first-order valence-electron chi connectivity index (χ1n) is 5.70. The zero-order chi connectivity index (χ0) is 10.7. The molecule has 3 nitrogen and oxygen atoms in total. The summed E-state index contributed by atoms with van der Waals surface area (Å²) in [6.07, 6.45) is 2.48. The van der Waals surface area contributed by atoms with Crippen molar-refractivity contribution < 1.29 is 5.11 Å². The summed E-state index contributed by atoms with van der Waals surface area (Å²) in [6.45, 7) is 7.74. The number of likely N-dealkylation sites (tertiary alicyclic amines) is 1. The van der Waals surface area contributed by atoms with Gasteiger partial charge in [0.2, 0.25) is 0 Å². The van der Waals surface area contributed by atoms with Crippen LogP contribution in [-0.2, 0) is 0 Å². The van der Waals surface area contributed by atoms with Gasteiger partial charge in [0.05, 0.1) is 6.61 Å². The second-order valence-electron chi connectivity index (χ2n) is 4.80. The number of nitrogens with two attached hydrogens (primary N) is 1. The van der Waals surface area contributed by atoms with Crippen LogP contribution >= 0.6 is 0 Å². The maximum Gasteiger partial charge on any atom is 0.0602 e. The zero-order valence-corrected chi connectivity index (χ0v) is 9.61. The van der Waals surface area contributed by atoms with Crippen molar-refractivity contribution in [3.8, 4) is 0 Å². The van der Waals surface area contributed by atoms with Crippen molar-refractivity contribution in [1.29, 1.82) is 0 Å². The predicted octanol–water partition coefficient (Wildman–Crippen LogP) is 0.815. The molecule has 3 unspecified atom stereocenters. The van der Waals surface area contributed by atoms with Gasteiger partial charge in [-0.1, -0.05) is 13.8 Å². The van der Waals surface area contributed by atoms with Gasteiger partial charge >= 0.3 is 0 Å². The van der Waals surface area contributed by atoms with E-state index in [0.29, 0.717) is 12.0 Å². The van der Waals surface area contributed by atoms with Gasteiger partial charge in [-0.15, -0.1) is 0 Å². The molecule has 84 valence electrons. The van der Waals surface area contributed by atoms with Crippen molar-refractivity contribution >= 4 is 0 Å². The molecule has 3 atom stereocenters. The average Bonchev–Trinajstić information content (AvgIpc) is 2.53. The fourth-order valence-corrected chi connectivity index (χ4v) is 2.34. The minimum absolute atomic E-state index is 0.0838. The lowest BCUT2D eigenvalue weighted by atomic mass is 9.96. The van der Waals surface area contributed by atoms with Crippen molar-refractivity contribution in [3.63, 3.8) is 0 Å². The largest absolute Gasteiger partial charge is 0.395 e. The molecule has 0 radical (unpaired) electrons. The Morgan fingerprint density at radius 1 is 1.50 bits per heavy atom. The Kier molecular flexibility index (Phi) is 4.35. The lowest BCUT2D eigenvalue weighted by Crippen LogP contribution is -2.53. The molecule has 0 bridgehead atoms. The summed E-state index contributed by atoms with van der Waals surface area (Å²) < 4.78 is 0. The standard InChI is InChI=1S/C11H24N2O/c1-8(2)11(12)10(7-14)13-6-4-5-9(13)3/h8-11,14H,4-7,12H2,1-3H3. The Hall–Kier alpha value is -0.120. The lowest BCUT2D eigenvalue weighted by molar-refractivity contribution is 0.0869. The highest BCUT2D eigenvalue weighted by Gasteiger charge is 2.32. The van der Waals surface area contributed by atoms with Crippen LogP contribution in [0.3, 0.4) is 0 Å². The molecule has 1 fully saturated rings. The fraction of sp³-hybridized carbons (Fsp3) is 1.00. The smallest absolute Gasteiger partial charge is 0.0602 e. The van der Waals surface area contributed by atoms with Crippen LogP contribution in [0.1, 0.15) is 33.6 Å². The Morgan fingerprint density at radius 2 is 2.14 bits per heavy atom. The van der Waals surface area contributed by atoms with Gasteiger partial charge < -0.3 is 10.8 Å². The summed E-state index contributed by atoms with van der Waals surface area (Å²) in [7, 11) is 0. The summed E-state index contributed by atoms with van der Waals surface area (Å²) in [5.74, 6) is 0.431. The van der Waals surface area contributed by atoms with E-state index in [0.717, 1.165) is 6.54 Å².